The Morgan fingerprint density at radius 3 is 2.41 bits per heavy atom. The van der Waals surface area contributed by atoms with E-state index in [1.54, 1.807) is 6.07 Å². The number of amides is 1. The molecule has 164 valence electrons. The maximum Gasteiger partial charge on any atom is 0.211 e. The van der Waals surface area contributed by atoms with Crippen LogP contribution in [0.25, 0.3) is 0 Å². The first-order valence-electron chi connectivity index (χ1n) is 10.5. The van der Waals surface area contributed by atoms with Crippen molar-refractivity contribution in [1.29, 1.82) is 0 Å². The monoisotopic (exact) mass is 405 g/mol. The Bertz CT molecular complexity index is 681. The van der Waals surface area contributed by atoms with Crippen molar-refractivity contribution in [3.63, 3.8) is 0 Å². The van der Waals surface area contributed by atoms with Gasteiger partial charge >= 0.3 is 0 Å². The molecule has 0 saturated carbocycles. The molecule has 0 radical (unpaired) electrons. The van der Waals surface area contributed by atoms with E-state index in [1.807, 2.05) is 20.0 Å². The molecule has 0 aliphatic carbocycles. The number of hydrogen-bond acceptors (Lipinski definition) is 3. The molecule has 1 N–H and O–H groups in total. The molecule has 2 rings (SSSR count). The molecule has 1 aliphatic heterocycles. The molecule has 0 saturated heterocycles. The van der Waals surface area contributed by atoms with Gasteiger partial charge < -0.3 is 5.32 Å². The van der Waals surface area contributed by atoms with Crippen LogP contribution in [-0.2, 0) is 17.9 Å². The van der Waals surface area contributed by atoms with Gasteiger partial charge in [-0.1, -0.05) is 59.1 Å². The average molecular weight is 406 g/mol. The maximum atomic E-state index is 12.6. The highest BCUT2D eigenvalue weighted by molar-refractivity contribution is 5.50. The van der Waals surface area contributed by atoms with Gasteiger partial charge in [-0.05, 0) is 50.4 Å². The molecule has 0 bridgehead atoms. The SMILES string of the molecule is CCC.CCCC(C)(C)/C(C)=C/C=C(\C)NC=O.CN1Cc2cc(F)cnc2C1. The standard InChI is InChI=1S/C13H23NO.C8H9FN2.C3H8/c1-6-9-13(4,5)11(2)7-8-12(3)14-10-15;1-11-4-6-2-7(9)3-10-8(6)5-11;1-3-2/h7-8,10H,6,9H2,1-5H3,(H,14,15);2-3H,4-5H2,1H3;3H2,1-2H3/b11-7+,12-8+;;. The summed E-state index contributed by atoms with van der Waals surface area (Å²) in [7, 11) is 2.00. The highest BCUT2D eigenvalue weighted by atomic mass is 19.1. The van der Waals surface area contributed by atoms with Crippen LogP contribution < -0.4 is 5.32 Å². The highest BCUT2D eigenvalue weighted by Crippen LogP contribution is 2.31. The lowest BCUT2D eigenvalue weighted by Gasteiger charge is -2.25. The molecule has 2 heterocycles. The van der Waals surface area contributed by atoms with Crippen LogP contribution in [0.1, 0.15) is 79.0 Å². The Morgan fingerprint density at radius 2 is 1.86 bits per heavy atom. The summed E-state index contributed by atoms with van der Waals surface area (Å²) in [6.07, 6.45) is 9.63. The van der Waals surface area contributed by atoms with Crippen molar-refractivity contribution in [2.75, 3.05) is 7.05 Å². The van der Waals surface area contributed by atoms with E-state index in [4.69, 9.17) is 0 Å². The molecule has 1 aromatic rings. The summed E-state index contributed by atoms with van der Waals surface area (Å²) in [5, 5.41) is 2.62. The van der Waals surface area contributed by atoms with Gasteiger partial charge in [-0.25, -0.2) is 4.39 Å². The van der Waals surface area contributed by atoms with Crippen molar-refractivity contribution in [2.45, 2.75) is 80.8 Å². The third-order valence-corrected chi connectivity index (χ3v) is 4.70. The summed E-state index contributed by atoms with van der Waals surface area (Å²) in [6, 6.07) is 1.56. The first-order valence-corrected chi connectivity index (χ1v) is 10.5. The third kappa shape index (κ3) is 10.9. The van der Waals surface area contributed by atoms with E-state index >= 15 is 0 Å². The van der Waals surface area contributed by atoms with Gasteiger partial charge in [0.2, 0.25) is 6.41 Å². The van der Waals surface area contributed by atoms with Crippen molar-refractivity contribution >= 4 is 6.41 Å². The van der Waals surface area contributed by atoms with E-state index in [9.17, 15) is 9.18 Å². The van der Waals surface area contributed by atoms with Crippen molar-refractivity contribution in [2.24, 2.45) is 5.41 Å². The predicted molar refractivity (Wildman–Crippen MR) is 121 cm³/mol. The summed E-state index contributed by atoms with van der Waals surface area (Å²) in [5.41, 5.74) is 4.49. The van der Waals surface area contributed by atoms with Gasteiger partial charge in [0.05, 0.1) is 11.9 Å². The fourth-order valence-electron chi connectivity index (χ4n) is 2.83. The van der Waals surface area contributed by atoms with Crippen LogP contribution in [0.5, 0.6) is 0 Å². The van der Waals surface area contributed by atoms with Gasteiger partial charge in [-0.15, -0.1) is 0 Å². The largest absolute Gasteiger partial charge is 0.333 e. The summed E-state index contributed by atoms with van der Waals surface area (Å²) >= 11 is 0. The Kier molecular flexibility index (Phi) is 13.1. The Morgan fingerprint density at radius 1 is 1.24 bits per heavy atom. The first-order chi connectivity index (χ1) is 13.6. The number of pyridine rings is 1. The Hall–Kier alpha value is -2.01. The van der Waals surface area contributed by atoms with Crippen molar-refractivity contribution in [1.82, 2.24) is 15.2 Å². The zero-order valence-corrected chi connectivity index (χ0v) is 19.6. The molecule has 0 fully saturated rings. The summed E-state index contributed by atoms with van der Waals surface area (Å²) in [4.78, 5) is 16.3. The number of halogens is 1. The molecule has 5 heteroatoms. The normalized spacial score (nSPS) is 14.2. The minimum atomic E-state index is -0.237. The minimum absolute atomic E-state index is 0.237. The second-order valence-electron chi connectivity index (χ2n) is 8.23. The lowest BCUT2D eigenvalue weighted by atomic mass is 9.81. The summed E-state index contributed by atoms with van der Waals surface area (Å²) in [5.74, 6) is -0.237. The van der Waals surface area contributed by atoms with Gasteiger partial charge in [0.25, 0.3) is 0 Å². The number of hydrogen-bond donors (Lipinski definition) is 1. The van der Waals surface area contributed by atoms with Crippen LogP contribution in [0.15, 0.2) is 35.7 Å². The van der Waals surface area contributed by atoms with Gasteiger partial charge in [-0.3, -0.25) is 14.7 Å². The molecule has 0 spiro atoms. The average Bonchev–Trinajstić information content (AvgIpc) is 3.00. The van der Waals surface area contributed by atoms with Crippen molar-refractivity contribution < 1.29 is 9.18 Å². The quantitative estimate of drug-likeness (QED) is 0.467. The highest BCUT2D eigenvalue weighted by Gasteiger charge is 2.18. The molecular weight excluding hydrogens is 365 g/mol. The maximum absolute atomic E-state index is 12.6. The number of carbonyl (C=O) groups is 1. The van der Waals surface area contributed by atoms with Gasteiger partial charge in [0, 0.05) is 18.8 Å². The first kappa shape index (κ1) is 27.0. The number of aromatic nitrogens is 1. The molecular formula is C24H40FN3O. The summed E-state index contributed by atoms with van der Waals surface area (Å²) in [6.45, 7) is 16.6. The smallest absolute Gasteiger partial charge is 0.211 e. The molecule has 1 aliphatic rings. The van der Waals surface area contributed by atoms with Crippen LogP contribution in [0.2, 0.25) is 0 Å². The van der Waals surface area contributed by atoms with E-state index in [0.29, 0.717) is 6.41 Å². The number of fused-ring (bicyclic) bond motifs is 1. The second kappa shape index (κ2) is 14.0. The van der Waals surface area contributed by atoms with Gasteiger partial charge in [-0.2, -0.15) is 0 Å². The number of rotatable bonds is 6. The van der Waals surface area contributed by atoms with Gasteiger partial charge in [0.1, 0.15) is 5.82 Å². The minimum Gasteiger partial charge on any atom is -0.333 e. The molecule has 1 aromatic heterocycles. The zero-order chi connectivity index (χ0) is 22.4. The molecule has 1 amide bonds. The molecule has 29 heavy (non-hydrogen) atoms. The van der Waals surface area contributed by atoms with Crippen LogP contribution in [0.4, 0.5) is 4.39 Å². The summed E-state index contributed by atoms with van der Waals surface area (Å²) < 4.78 is 12.6. The fraction of sp³-hybridized carbons (Fsp3) is 0.583. The molecule has 0 unspecified atom stereocenters. The van der Waals surface area contributed by atoms with Crippen molar-refractivity contribution in [3.05, 3.63) is 52.8 Å². The second-order valence-corrected chi connectivity index (χ2v) is 8.23. The lowest BCUT2D eigenvalue weighted by Crippen LogP contribution is -2.12. The third-order valence-electron chi connectivity index (χ3n) is 4.70. The number of allylic oxidation sites excluding steroid dienone is 4. The fourth-order valence-corrected chi connectivity index (χ4v) is 2.83. The Balaban J connectivity index is 0.000000488. The number of carbonyl (C=O) groups excluding carboxylic acids is 1. The molecule has 4 nitrogen and oxygen atoms in total. The van der Waals surface area contributed by atoms with Gasteiger partial charge in [0.15, 0.2) is 0 Å². The van der Waals surface area contributed by atoms with Crippen LogP contribution >= 0.6 is 0 Å². The predicted octanol–water partition coefficient (Wildman–Crippen LogP) is 5.99. The van der Waals surface area contributed by atoms with Crippen molar-refractivity contribution in [3.8, 4) is 0 Å². The molecule has 0 atom stereocenters. The van der Waals surface area contributed by atoms with Crippen LogP contribution in [-0.4, -0.2) is 23.3 Å². The zero-order valence-electron chi connectivity index (χ0n) is 19.6. The van der Waals surface area contributed by atoms with E-state index < -0.39 is 0 Å². The van der Waals surface area contributed by atoms with Crippen LogP contribution in [0, 0.1) is 11.2 Å². The number of nitrogens with one attached hydrogen (secondary N) is 1. The van der Waals surface area contributed by atoms with Crippen LogP contribution in [0.3, 0.4) is 0 Å². The molecule has 0 aromatic carbocycles. The van der Waals surface area contributed by atoms with E-state index in [0.717, 1.165) is 30.0 Å². The van der Waals surface area contributed by atoms with E-state index in [1.165, 1.54) is 31.0 Å². The lowest BCUT2D eigenvalue weighted by molar-refractivity contribution is -0.108. The topological polar surface area (TPSA) is 45.2 Å². The van der Waals surface area contributed by atoms with E-state index in [-0.39, 0.29) is 11.2 Å². The van der Waals surface area contributed by atoms with E-state index in [2.05, 4.69) is 62.8 Å². The number of nitrogens with zero attached hydrogens (tertiary/aromatic N) is 2. The Labute approximate surface area is 177 Å².